The molecule has 0 heterocycles. The Morgan fingerprint density at radius 1 is 0.889 bits per heavy atom. The predicted octanol–water partition coefficient (Wildman–Crippen LogP) is 5.26. The molecule has 1 aromatic rings. The first-order valence-corrected chi connectivity index (χ1v) is 8.81. The fraction of sp³-hybridized carbons (Fsp3) is 0.529. The SMILES string of the molecule is [2H]c1c([2H])c([2H])c(C#C[Si](C(C)C)(C(C)C)C(C)C)c([2H])c1[2H]. The highest BCUT2D eigenvalue weighted by atomic mass is 28.3. The topological polar surface area (TPSA) is 0 Å². The quantitative estimate of drug-likeness (QED) is 0.516. The Bertz CT molecular complexity index is 602. The second kappa shape index (κ2) is 6.25. The van der Waals surface area contributed by atoms with Gasteiger partial charge in [-0.3, -0.25) is 0 Å². The molecular formula is C17H26Si. The molecule has 0 saturated carbocycles. The van der Waals surface area contributed by atoms with Crippen LogP contribution in [0.15, 0.2) is 30.2 Å². The van der Waals surface area contributed by atoms with E-state index in [9.17, 15) is 0 Å². The summed E-state index contributed by atoms with van der Waals surface area (Å²) in [4.78, 5) is 0. The van der Waals surface area contributed by atoms with Crippen molar-refractivity contribution < 1.29 is 6.85 Å². The second-order valence-corrected chi connectivity index (χ2v) is 11.2. The van der Waals surface area contributed by atoms with Gasteiger partial charge < -0.3 is 0 Å². The van der Waals surface area contributed by atoms with Crippen molar-refractivity contribution in [2.24, 2.45) is 0 Å². The summed E-state index contributed by atoms with van der Waals surface area (Å²) in [6.07, 6.45) is 0. The van der Waals surface area contributed by atoms with Crippen molar-refractivity contribution >= 4 is 8.07 Å². The average molecular weight is 264 g/mol. The van der Waals surface area contributed by atoms with Crippen molar-refractivity contribution in [1.29, 1.82) is 0 Å². The Hall–Kier alpha value is -1.00. The van der Waals surface area contributed by atoms with Crippen LogP contribution in [0.25, 0.3) is 0 Å². The Morgan fingerprint density at radius 3 is 1.72 bits per heavy atom. The summed E-state index contributed by atoms with van der Waals surface area (Å²) in [6, 6.07) is -1.42. The van der Waals surface area contributed by atoms with Crippen LogP contribution in [0.1, 0.15) is 54.0 Å². The minimum absolute atomic E-state index is 0.120. The Morgan fingerprint density at radius 2 is 1.33 bits per heavy atom. The molecule has 0 fully saturated rings. The second-order valence-electron chi connectivity index (χ2n) is 5.65. The van der Waals surface area contributed by atoms with Crippen molar-refractivity contribution in [3.63, 3.8) is 0 Å². The maximum atomic E-state index is 8.01. The zero-order chi connectivity index (χ0) is 18.1. The first-order chi connectivity index (χ1) is 10.5. The van der Waals surface area contributed by atoms with Gasteiger partial charge in [0.1, 0.15) is 8.07 Å². The highest BCUT2D eigenvalue weighted by molar-refractivity contribution is 6.90. The molecule has 0 amide bonds. The molecule has 0 unspecified atom stereocenters. The molecule has 0 spiro atoms. The molecule has 18 heavy (non-hydrogen) atoms. The molecule has 0 atom stereocenters. The van der Waals surface area contributed by atoms with Crippen LogP contribution in [-0.4, -0.2) is 8.07 Å². The fourth-order valence-corrected chi connectivity index (χ4v) is 8.12. The van der Waals surface area contributed by atoms with Crippen LogP contribution in [0.2, 0.25) is 16.6 Å². The highest BCUT2D eigenvalue weighted by Gasteiger charge is 2.41. The molecule has 1 rings (SSSR count). The van der Waals surface area contributed by atoms with Gasteiger partial charge in [0.25, 0.3) is 0 Å². The van der Waals surface area contributed by atoms with E-state index in [4.69, 9.17) is 6.85 Å². The normalized spacial score (nSPS) is 15.7. The van der Waals surface area contributed by atoms with Crippen LogP contribution < -0.4 is 0 Å². The Labute approximate surface area is 121 Å². The minimum atomic E-state index is -2.00. The Kier molecular flexibility index (Phi) is 3.12. The van der Waals surface area contributed by atoms with Crippen molar-refractivity contribution in [1.82, 2.24) is 0 Å². The van der Waals surface area contributed by atoms with Crippen LogP contribution in [-0.2, 0) is 0 Å². The summed E-state index contributed by atoms with van der Waals surface area (Å²) in [5.41, 5.74) is 4.84. The molecule has 0 aliphatic heterocycles. The van der Waals surface area contributed by atoms with Gasteiger partial charge in [-0.1, -0.05) is 65.6 Å². The fourth-order valence-electron chi connectivity index (χ4n) is 2.92. The number of benzene rings is 1. The first-order valence-electron chi connectivity index (χ1n) is 9.08. The van der Waals surface area contributed by atoms with Crippen molar-refractivity contribution in [2.45, 2.75) is 58.2 Å². The summed E-state index contributed by atoms with van der Waals surface area (Å²) in [5.74, 6) is 2.99. The van der Waals surface area contributed by atoms with E-state index in [0.29, 0.717) is 16.6 Å². The van der Waals surface area contributed by atoms with E-state index in [1.54, 1.807) is 0 Å². The van der Waals surface area contributed by atoms with Gasteiger partial charge in [0.15, 0.2) is 0 Å². The van der Waals surface area contributed by atoms with E-state index in [2.05, 4.69) is 53.0 Å². The van der Waals surface area contributed by atoms with E-state index in [0.717, 1.165) is 0 Å². The lowest BCUT2D eigenvalue weighted by Gasteiger charge is -2.38. The lowest BCUT2D eigenvalue weighted by atomic mass is 10.2. The summed E-state index contributed by atoms with van der Waals surface area (Å²) >= 11 is 0. The maximum absolute atomic E-state index is 8.01. The number of hydrogen-bond acceptors (Lipinski definition) is 0. The monoisotopic (exact) mass is 263 g/mol. The molecule has 98 valence electrons. The summed E-state index contributed by atoms with van der Waals surface area (Å²) in [7, 11) is -2.00. The maximum Gasteiger partial charge on any atom is 0.146 e. The van der Waals surface area contributed by atoms with Gasteiger partial charge in [-0.2, -0.15) is 0 Å². The van der Waals surface area contributed by atoms with Crippen LogP contribution in [0, 0.1) is 11.5 Å². The third-order valence-electron chi connectivity index (χ3n) is 3.77. The van der Waals surface area contributed by atoms with Crippen molar-refractivity contribution in [3.05, 3.63) is 35.8 Å². The number of hydrogen-bond donors (Lipinski definition) is 0. The van der Waals surface area contributed by atoms with Crippen molar-refractivity contribution in [2.75, 3.05) is 0 Å². The third-order valence-corrected chi connectivity index (χ3v) is 10.1. The van der Waals surface area contributed by atoms with Crippen LogP contribution in [0.3, 0.4) is 0 Å². The summed E-state index contributed by atoms with van der Waals surface area (Å²) in [5, 5.41) is 0. The van der Waals surface area contributed by atoms with Gasteiger partial charge in [0, 0.05) is 5.56 Å². The smallest absolute Gasteiger partial charge is 0.125 e. The summed E-state index contributed by atoms with van der Waals surface area (Å²) in [6.45, 7) is 13.1. The molecule has 1 aromatic carbocycles. The summed E-state index contributed by atoms with van der Waals surface area (Å²) < 4.78 is 39.2. The average Bonchev–Trinajstić information content (AvgIpc) is 2.45. The van der Waals surface area contributed by atoms with E-state index < -0.39 is 8.07 Å². The van der Waals surface area contributed by atoms with Gasteiger partial charge in [0.05, 0.1) is 6.85 Å². The van der Waals surface area contributed by atoms with E-state index in [1.165, 1.54) is 0 Å². The largest absolute Gasteiger partial charge is 0.146 e. The molecule has 0 aliphatic rings. The standard InChI is InChI=1S/C17H26Si/c1-14(2)18(15(3)4,16(5)6)13-12-17-10-8-7-9-11-17/h7-11,14-16H,1-6H3/i7D,8D,9D,10D,11D. The van der Waals surface area contributed by atoms with Crippen LogP contribution in [0.4, 0.5) is 0 Å². The highest BCUT2D eigenvalue weighted by Crippen LogP contribution is 2.40. The molecule has 0 radical (unpaired) electrons. The molecule has 0 saturated heterocycles. The van der Waals surface area contributed by atoms with Gasteiger partial charge in [-0.05, 0) is 28.7 Å². The number of rotatable bonds is 3. The lowest BCUT2D eigenvalue weighted by Crippen LogP contribution is -2.43. The zero-order valence-electron chi connectivity index (χ0n) is 17.2. The van der Waals surface area contributed by atoms with E-state index >= 15 is 0 Å². The molecule has 0 N–H and O–H groups in total. The predicted molar refractivity (Wildman–Crippen MR) is 84.4 cm³/mol. The first kappa shape index (κ1) is 8.99. The minimum Gasteiger partial charge on any atom is -0.125 e. The van der Waals surface area contributed by atoms with E-state index in [-0.39, 0.29) is 35.8 Å². The van der Waals surface area contributed by atoms with E-state index in [1.807, 2.05) is 0 Å². The van der Waals surface area contributed by atoms with Crippen LogP contribution >= 0.6 is 0 Å². The Balaban J connectivity index is 3.63. The molecule has 1 heteroatoms. The third kappa shape index (κ3) is 3.06. The van der Waals surface area contributed by atoms with Crippen LogP contribution in [0.5, 0.6) is 0 Å². The van der Waals surface area contributed by atoms with Gasteiger partial charge >= 0.3 is 0 Å². The molecule has 0 bridgehead atoms. The molecule has 0 aliphatic carbocycles. The van der Waals surface area contributed by atoms with Crippen molar-refractivity contribution in [3.8, 4) is 11.5 Å². The molecular weight excluding hydrogens is 232 g/mol. The molecule has 0 nitrogen and oxygen atoms in total. The zero-order valence-corrected chi connectivity index (χ0v) is 13.2. The van der Waals surface area contributed by atoms with Gasteiger partial charge in [-0.25, -0.2) is 0 Å². The van der Waals surface area contributed by atoms with Gasteiger partial charge in [-0.15, -0.1) is 5.54 Å². The lowest BCUT2D eigenvalue weighted by molar-refractivity contribution is 0.838. The molecule has 0 aromatic heterocycles. The van der Waals surface area contributed by atoms with Gasteiger partial charge in [0.2, 0.25) is 0 Å².